The molecule has 96 valence electrons. The molecule has 0 radical (unpaired) electrons. The van der Waals surface area contributed by atoms with E-state index in [1.807, 2.05) is 6.92 Å². The van der Waals surface area contributed by atoms with Gasteiger partial charge in [-0.2, -0.15) is 0 Å². The van der Waals surface area contributed by atoms with Crippen LogP contribution in [0.3, 0.4) is 0 Å². The molecule has 1 atom stereocenters. The van der Waals surface area contributed by atoms with Gasteiger partial charge in [0.1, 0.15) is 0 Å². The molecule has 1 heterocycles. The van der Waals surface area contributed by atoms with Crippen molar-refractivity contribution in [2.75, 3.05) is 0 Å². The largest absolute Gasteiger partial charge is 0.271 e. The molecule has 0 aliphatic heterocycles. The van der Waals surface area contributed by atoms with E-state index in [0.29, 0.717) is 0 Å². The molecule has 0 aliphatic carbocycles. The van der Waals surface area contributed by atoms with Crippen LogP contribution in [-0.4, -0.2) is 4.98 Å². The molecule has 5 heteroatoms. The van der Waals surface area contributed by atoms with E-state index >= 15 is 0 Å². The van der Waals surface area contributed by atoms with Gasteiger partial charge in [-0.1, -0.05) is 22.0 Å². The third-order valence-corrected chi connectivity index (χ3v) is 4.03. The highest BCUT2D eigenvalue weighted by atomic mass is 79.9. The minimum Gasteiger partial charge on any atom is -0.271 e. The Bertz CT molecular complexity index is 519. The van der Waals surface area contributed by atoms with E-state index in [4.69, 9.17) is 5.84 Å². The summed E-state index contributed by atoms with van der Waals surface area (Å²) < 4.78 is 1.08. The van der Waals surface area contributed by atoms with E-state index in [1.54, 1.807) is 11.3 Å². The molecule has 0 spiro atoms. The lowest BCUT2D eigenvalue weighted by Crippen LogP contribution is -2.29. The van der Waals surface area contributed by atoms with Gasteiger partial charge >= 0.3 is 0 Å². The average Bonchev–Trinajstić information content (AvgIpc) is 2.70. The lowest BCUT2D eigenvalue weighted by molar-refractivity contribution is 0.546. The molecule has 0 aliphatic rings. The summed E-state index contributed by atoms with van der Waals surface area (Å²) in [5, 5.41) is 3.18. The van der Waals surface area contributed by atoms with Gasteiger partial charge in [-0.05, 0) is 37.1 Å². The van der Waals surface area contributed by atoms with Gasteiger partial charge in [0, 0.05) is 16.3 Å². The number of hydrogen-bond donors (Lipinski definition) is 2. The number of aryl methyl sites for hydroxylation is 2. The highest BCUT2D eigenvalue weighted by Gasteiger charge is 2.13. The third kappa shape index (κ3) is 3.38. The number of benzene rings is 1. The van der Waals surface area contributed by atoms with E-state index in [2.05, 4.69) is 56.8 Å². The van der Waals surface area contributed by atoms with Crippen LogP contribution in [0.15, 0.2) is 28.1 Å². The van der Waals surface area contributed by atoms with Crippen LogP contribution in [0.4, 0.5) is 0 Å². The van der Waals surface area contributed by atoms with Crippen LogP contribution in [-0.2, 0) is 6.42 Å². The fourth-order valence-corrected chi connectivity index (χ4v) is 3.20. The topological polar surface area (TPSA) is 50.9 Å². The number of hydrogen-bond acceptors (Lipinski definition) is 4. The molecule has 0 saturated heterocycles. The fraction of sp³-hybridized carbons (Fsp3) is 0.308. The normalized spacial score (nSPS) is 12.7. The van der Waals surface area contributed by atoms with E-state index < -0.39 is 0 Å². The van der Waals surface area contributed by atoms with Crippen LogP contribution in [0.25, 0.3) is 0 Å². The second-order valence-electron chi connectivity index (χ2n) is 4.34. The molecule has 1 aromatic carbocycles. The Labute approximate surface area is 120 Å². The summed E-state index contributed by atoms with van der Waals surface area (Å²) in [5.74, 6) is 5.67. The zero-order valence-electron chi connectivity index (χ0n) is 10.4. The number of rotatable bonds is 4. The molecule has 0 amide bonds. The number of hydrazine groups is 1. The van der Waals surface area contributed by atoms with Crippen molar-refractivity contribution in [1.82, 2.24) is 10.4 Å². The Morgan fingerprint density at radius 2 is 2.17 bits per heavy atom. The minimum absolute atomic E-state index is 0.0858. The van der Waals surface area contributed by atoms with Crippen LogP contribution < -0.4 is 11.3 Å². The monoisotopic (exact) mass is 325 g/mol. The first kappa shape index (κ1) is 13.7. The molecule has 2 aromatic rings. The summed E-state index contributed by atoms with van der Waals surface area (Å²) in [6.07, 6.45) is 0.802. The summed E-state index contributed by atoms with van der Waals surface area (Å²) in [5.41, 5.74) is 6.35. The Kier molecular flexibility index (Phi) is 4.50. The summed E-state index contributed by atoms with van der Waals surface area (Å²) in [4.78, 5) is 4.48. The molecule has 2 rings (SSSR count). The molecule has 0 saturated carbocycles. The average molecular weight is 326 g/mol. The van der Waals surface area contributed by atoms with Gasteiger partial charge in [0.05, 0.1) is 16.7 Å². The Morgan fingerprint density at radius 1 is 1.39 bits per heavy atom. The highest BCUT2D eigenvalue weighted by molar-refractivity contribution is 9.10. The van der Waals surface area contributed by atoms with Crippen molar-refractivity contribution in [3.05, 3.63) is 49.9 Å². The smallest absolute Gasteiger partial charge is 0.0897 e. The third-order valence-electron chi connectivity index (χ3n) is 2.75. The van der Waals surface area contributed by atoms with Crippen LogP contribution in [0, 0.1) is 13.8 Å². The van der Waals surface area contributed by atoms with Crippen LogP contribution in [0.5, 0.6) is 0 Å². The maximum atomic E-state index is 5.67. The van der Waals surface area contributed by atoms with Crippen molar-refractivity contribution in [2.45, 2.75) is 26.3 Å². The lowest BCUT2D eigenvalue weighted by Gasteiger charge is -2.16. The summed E-state index contributed by atoms with van der Waals surface area (Å²) >= 11 is 5.19. The maximum Gasteiger partial charge on any atom is 0.0897 e. The maximum absolute atomic E-state index is 5.67. The van der Waals surface area contributed by atoms with Gasteiger partial charge in [0.25, 0.3) is 0 Å². The first-order valence-corrected chi connectivity index (χ1v) is 7.40. The van der Waals surface area contributed by atoms with Gasteiger partial charge in [-0.15, -0.1) is 11.3 Å². The van der Waals surface area contributed by atoms with Crippen molar-refractivity contribution in [3.8, 4) is 0 Å². The zero-order valence-corrected chi connectivity index (χ0v) is 12.8. The van der Waals surface area contributed by atoms with Gasteiger partial charge in [0.15, 0.2) is 0 Å². The van der Waals surface area contributed by atoms with E-state index in [-0.39, 0.29) is 6.04 Å². The van der Waals surface area contributed by atoms with Gasteiger partial charge in [-0.25, -0.2) is 4.98 Å². The molecular weight excluding hydrogens is 310 g/mol. The first-order valence-electron chi connectivity index (χ1n) is 5.72. The number of thiazole rings is 1. The van der Waals surface area contributed by atoms with Crippen LogP contribution >= 0.6 is 27.3 Å². The number of aromatic nitrogens is 1. The highest BCUT2D eigenvalue weighted by Crippen LogP contribution is 2.23. The predicted molar refractivity (Wildman–Crippen MR) is 79.5 cm³/mol. The Morgan fingerprint density at radius 3 is 2.72 bits per heavy atom. The van der Waals surface area contributed by atoms with Gasteiger partial charge < -0.3 is 0 Å². The minimum atomic E-state index is 0.0858. The van der Waals surface area contributed by atoms with Crippen molar-refractivity contribution in [2.24, 2.45) is 5.84 Å². The number of nitrogens with two attached hydrogens (primary N) is 1. The predicted octanol–water partition coefficient (Wildman–Crippen LogP) is 3.27. The molecule has 0 fully saturated rings. The van der Waals surface area contributed by atoms with Crippen molar-refractivity contribution >= 4 is 27.3 Å². The lowest BCUT2D eigenvalue weighted by atomic mass is 10.0. The summed E-state index contributed by atoms with van der Waals surface area (Å²) in [6.45, 7) is 4.09. The second-order valence-corrected chi connectivity index (χ2v) is 6.32. The van der Waals surface area contributed by atoms with E-state index in [9.17, 15) is 0 Å². The van der Waals surface area contributed by atoms with Crippen molar-refractivity contribution < 1.29 is 0 Å². The Balaban J connectivity index is 2.22. The van der Waals surface area contributed by atoms with Crippen LogP contribution in [0.2, 0.25) is 0 Å². The quantitative estimate of drug-likeness (QED) is 0.670. The van der Waals surface area contributed by atoms with Crippen molar-refractivity contribution in [1.29, 1.82) is 0 Å². The molecule has 0 bridgehead atoms. The fourth-order valence-electron chi connectivity index (χ4n) is 1.95. The molecule has 1 aromatic heterocycles. The molecule has 1 unspecified atom stereocenters. The summed E-state index contributed by atoms with van der Waals surface area (Å²) in [7, 11) is 0. The van der Waals surface area contributed by atoms with Gasteiger partial charge in [0.2, 0.25) is 0 Å². The van der Waals surface area contributed by atoms with Crippen molar-refractivity contribution in [3.63, 3.8) is 0 Å². The second kappa shape index (κ2) is 5.93. The zero-order chi connectivity index (χ0) is 13.1. The number of nitrogens with one attached hydrogen (secondary N) is 1. The summed E-state index contributed by atoms with van der Waals surface area (Å²) in [6, 6.07) is 6.41. The molecule has 3 N–H and O–H groups in total. The molecule has 3 nitrogen and oxygen atoms in total. The first-order chi connectivity index (χ1) is 8.58. The number of nitrogens with zero attached hydrogens (tertiary/aromatic N) is 1. The Hall–Kier alpha value is -0.750. The molecule has 18 heavy (non-hydrogen) atoms. The number of halogens is 1. The molecular formula is C13H16BrN3S. The van der Waals surface area contributed by atoms with E-state index in [0.717, 1.165) is 21.6 Å². The van der Waals surface area contributed by atoms with Crippen LogP contribution in [0.1, 0.15) is 27.9 Å². The SMILES string of the molecule is Cc1cc(Br)cc(C(Cc2csc(C)n2)NN)c1. The standard InChI is InChI=1S/C13H16BrN3S/c1-8-3-10(5-11(14)4-8)13(17-15)6-12-7-18-9(2)16-12/h3-5,7,13,17H,6,15H2,1-2H3. The van der Waals surface area contributed by atoms with Gasteiger partial charge in [-0.3, -0.25) is 11.3 Å². The van der Waals surface area contributed by atoms with E-state index in [1.165, 1.54) is 11.1 Å².